The maximum absolute atomic E-state index is 9.25. The summed E-state index contributed by atoms with van der Waals surface area (Å²) in [5, 5.41) is 29.2. The Kier molecular flexibility index (Phi) is 42.7. The molecule has 1 aliphatic carbocycles. The summed E-state index contributed by atoms with van der Waals surface area (Å²) in [6, 6.07) is 0. The fraction of sp³-hybridized carbons (Fsp3) is 0.700. The van der Waals surface area contributed by atoms with E-state index in [2.05, 4.69) is 13.2 Å². The van der Waals surface area contributed by atoms with Crippen LogP contribution in [0.3, 0.4) is 0 Å². The Morgan fingerprint density at radius 1 is 0.538 bits per heavy atom. The molecule has 4 N–H and O–H groups in total. The molecule has 1 aliphatic rings. The van der Waals surface area contributed by atoms with E-state index in [4.69, 9.17) is 20.4 Å². The molecule has 6 heteroatoms. The van der Waals surface area contributed by atoms with Crippen LogP contribution < -0.4 is 0 Å². The van der Waals surface area contributed by atoms with Gasteiger partial charge in [-0.15, -0.1) is 0 Å². The van der Waals surface area contributed by atoms with Gasteiger partial charge in [-0.3, -0.25) is 0 Å². The Bertz CT molecular complexity index is 242. The second-order valence-electron chi connectivity index (χ2n) is 5.33. The van der Waals surface area contributed by atoms with Crippen molar-refractivity contribution >= 4 is 11.9 Å². The summed E-state index contributed by atoms with van der Waals surface area (Å²) < 4.78 is 0. The standard InChI is InChI=1S/C12H24.2C3H4O2.2CH4O/c1-2-4-6-8-10-12-11-9-7-5-3-1;2*1-2-3(4)5;2*1-2/h1-12H2;2*2H,1H2,(H,4,5);2*2H,1H3. The lowest BCUT2D eigenvalue weighted by atomic mass is 10.0. The summed E-state index contributed by atoms with van der Waals surface area (Å²) >= 11 is 0. The van der Waals surface area contributed by atoms with E-state index in [0.717, 1.165) is 26.4 Å². The summed E-state index contributed by atoms with van der Waals surface area (Å²) in [5.74, 6) is -1.96. The predicted octanol–water partition coefficient (Wildman–Crippen LogP) is 4.41. The predicted molar refractivity (Wildman–Crippen MR) is 107 cm³/mol. The first kappa shape index (κ1) is 32.0. The Balaban J connectivity index is -0.000000145. The number of aliphatic hydroxyl groups is 2. The number of carbonyl (C=O) groups is 2. The maximum Gasteiger partial charge on any atom is 0.327 e. The molecule has 0 heterocycles. The van der Waals surface area contributed by atoms with E-state index >= 15 is 0 Å². The highest BCUT2D eigenvalue weighted by Crippen LogP contribution is 2.15. The number of carboxylic acid groups (broad SMARTS) is 2. The lowest BCUT2D eigenvalue weighted by molar-refractivity contribution is -0.132. The third-order valence-corrected chi connectivity index (χ3v) is 3.35. The van der Waals surface area contributed by atoms with Gasteiger partial charge in [0, 0.05) is 26.4 Å². The zero-order chi connectivity index (χ0) is 21.1. The van der Waals surface area contributed by atoms with Crippen LogP contribution in [0, 0.1) is 0 Å². The van der Waals surface area contributed by atoms with Crippen LogP contribution in [0.2, 0.25) is 0 Å². The van der Waals surface area contributed by atoms with Gasteiger partial charge in [0.05, 0.1) is 0 Å². The molecule has 0 aliphatic heterocycles. The van der Waals surface area contributed by atoms with E-state index in [9.17, 15) is 9.59 Å². The summed E-state index contributed by atoms with van der Waals surface area (Å²) in [6.07, 6.45) is 19.7. The first-order valence-corrected chi connectivity index (χ1v) is 9.14. The molecule has 0 aromatic rings. The van der Waals surface area contributed by atoms with Crippen molar-refractivity contribution in [2.45, 2.75) is 77.0 Å². The van der Waals surface area contributed by atoms with Gasteiger partial charge in [0.1, 0.15) is 0 Å². The molecule has 6 nitrogen and oxygen atoms in total. The molecule has 1 saturated carbocycles. The molecule has 0 atom stereocenters. The Morgan fingerprint density at radius 2 is 0.615 bits per heavy atom. The van der Waals surface area contributed by atoms with Crippen LogP contribution in [0.25, 0.3) is 0 Å². The summed E-state index contributed by atoms with van der Waals surface area (Å²) in [7, 11) is 2.00. The molecule has 0 aromatic heterocycles. The second-order valence-corrected chi connectivity index (χ2v) is 5.33. The molecule has 0 amide bonds. The maximum atomic E-state index is 9.25. The number of hydrogen-bond donors (Lipinski definition) is 4. The number of aliphatic carboxylic acids is 2. The van der Waals surface area contributed by atoms with Gasteiger partial charge in [0.2, 0.25) is 0 Å². The molecule has 0 unspecified atom stereocenters. The highest BCUT2D eigenvalue weighted by molar-refractivity contribution is 5.79. The minimum atomic E-state index is -0.981. The highest BCUT2D eigenvalue weighted by atomic mass is 16.4. The molecule has 0 bridgehead atoms. The largest absolute Gasteiger partial charge is 0.478 e. The summed E-state index contributed by atoms with van der Waals surface area (Å²) in [6.45, 7) is 5.92. The molecule has 0 spiro atoms. The van der Waals surface area contributed by atoms with Gasteiger partial charge in [-0.25, -0.2) is 9.59 Å². The summed E-state index contributed by atoms with van der Waals surface area (Å²) in [5.41, 5.74) is 0. The number of rotatable bonds is 2. The molecule has 0 saturated heterocycles. The van der Waals surface area contributed by atoms with Crippen molar-refractivity contribution in [3.05, 3.63) is 25.3 Å². The van der Waals surface area contributed by atoms with Crippen LogP contribution in [0.1, 0.15) is 77.0 Å². The van der Waals surface area contributed by atoms with Crippen LogP contribution in [0.4, 0.5) is 0 Å². The lowest BCUT2D eigenvalue weighted by Crippen LogP contribution is -1.85. The van der Waals surface area contributed by atoms with Crippen LogP contribution in [-0.4, -0.2) is 46.6 Å². The normalized spacial score (nSPS) is 14.0. The van der Waals surface area contributed by atoms with Crippen molar-refractivity contribution in [3.63, 3.8) is 0 Å². The average Bonchev–Trinajstić information content (AvgIpc) is 2.66. The summed E-state index contributed by atoms with van der Waals surface area (Å²) in [4.78, 5) is 18.5. The topological polar surface area (TPSA) is 115 Å². The van der Waals surface area contributed by atoms with E-state index in [-0.39, 0.29) is 0 Å². The minimum absolute atomic E-state index is 0.833. The van der Waals surface area contributed by atoms with E-state index in [1.165, 1.54) is 77.0 Å². The van der Waals surface area contributed by atoms with Crippen molar-refractivity contribution in [2.75, 3.05) is 14.2 Å². The monoisotopic (exact) mass is 376 g/mol. The fourth-order valence-corrected chi connectivity index (χ4v) is 2.12. The van der Waals surface area contributed by atoms with Gasteiger partial charge in [-0.2, -0.15) is 0 Å². The smallest absolute Gasteiger partial charge is 0.327 e. The van der Waals surface area contributed by atoms with E-state index in [1.54, 1.807) is 0 Å². The fourth-order valence-electron chi connectivity index (χ4n) is 2.12. The molecule has 1 fully saturated rings. The molecule has 0 aromatic carbocycles. The molecule has 26 heavy (non-hydrogen) atoms. The van der Waals surface area contributed by atoms with Crippen molar-refractivity contribution in [1.29, 1.82) is 0 Å². The molecule has 1 rings (SSSR count). The van der Waals surface area contributed by atoms with Gasteiger partial charge in [0.15, 0.2) is 0 Å². The second kappa shape index (κ2) is 34.6. The SMILES string of the molecule is C1CCCCCCCCCCC1.C=CC(=O)O.C=CC(=O)O.CO.CO. The Labute approximate surface area is 159 Å². The molecular weight excluding hydrogens is 336 g/mol. The molecule has 156 valence electrons. The number of hydrogen-bond acceptors (Lipinski definition) is 4. The zero-order valence-electron chi connectivity index (χ0n) is 16.7. The third kappa shape index (κ3) is 49.5. The van der Waals surface area contributed by atoms with Crippen molar-refractivity contribution in [1.82, 2.24) is 0 Å². The van der Waals surface area contributed by atoms with E-state index in [0.29, 0.717) is 0 Å². The van der Waals surface area contributed by atoms with Crippen LogP contribution in [0.15, 0.2) is 25.3 Å². The van der Waals surface area contributed by atoms with Crippen molar-refractivity contribution in [2.24, 2.45) is 0 Å². The quantitative estimate of drug-likeness (QED) is 0.531. The van der Waals surface area contributed by atoms with Gasteiger partial charge < -0.3 is 20.4 Å². The zero-order valence-corrected chi connectivity index (χ0v) is 16.7. The van der Waals surface area contributed by atoms with E-state index in [1.807, 2.05) is 0 Å². The Morgan fingerprint density at radius 3 is 0.654 bits per heavy atom. The van der Waals surface area contributed by atoms with Gasteiger partial charge in [0.25, 0.3) is 0 Å². The van der Waals surface area contributed by atoms with Crippen molar-refractivity contribution in [3.8, 4) is 0 Å². The average molecular weight is 377 g/mol. The first-order chi connectivity index (χ1) is 12.5. The van der Waals surface area contributed by atoms with Crippen LogP contribution >= 0.6 is 0 Å². The number of aliphatic hydroxyl groups excluding tert-OH is 2. The van der Waals surface area contributed by atoms with Crippen molar-refractivity contribution < 1.29 is 30.0 Å². The Hall–Kier alpha value is -1.66. The van der Waals surface area contributed by atoms with E-state index < -0.39 is 11.9 Å². The minimum Gasteiger partial charge on any atom is -0.478 e. The highest BCUT2D eigenvalue weighted by Gasteiger charge is 1.96. The van der Waals surface area contributed by atoms with Gasteiger partial charge >= 0.3 is 11.9 Å². The molecule has 0 radical (unpaired) electrons. The third-order valence-electron chi connectivity index (χ3n) is 3.35. The number of carboxylic acids is 2. The first-order valence-electron chi connectivity index (χ1n) is 9.14. The van der Waals surface area contributed by atoms with Gasteiger partial charge in [-0.1, -0.05) is 90.2 Å². The lowest BCUT2D eigenvalue weighted by Gasteiger charge is -2.05. The van der Waals surface area contributed by atoms with Crippen LogP contribution in [0.5, 0.6) is 0 Å². The van der Waals surface area contributed by atoms with Gasteiger partial charge in [-0.05, 0) is 0 Å². The molecular formula is C20H40O6. The van der Waals surface area contributed by atoms with Crippen LogP contribution in [-0.2, 0) is 9.59 Å².